The number of hydrogen-bond donors (Lipinski definition) is 2. The lowest BCUT2D eigenvalue weighted by molar-refractivity contribution is 0.0630. The predicted octanol–water partition coefficient (Wildman–Crippen LogP) is 3.17. The molecule has 3 rings (SSSR count). The van der Waals surface area contributed by atoms with Crippen LogP contribution in [0.25, 0.3) is 0 Å². The molecule has 2 aliphatic rings. The van der Waals surface area contributed by atoms with E-state index in [1.54, 1.807) is 0 Å². The van der Waals surface area contributed by atoms with E-state index in [2.05, 4.69) is 17.6 Å². The monoisotopic (exact) mass is 287 g/mol. The Morgan fingerprint density at radius 1 is 1.19 bits per heavy atom. The lowest BCUT2D eigenvalue weighted by Crippen LogP contribution is -2.43. The second-order valence-corrected chi connectivity index (χ2v) is 6.33. The van der Waals surface area contributed by atoms with E-state index in [0.29, 0.717) is 12.0 Å². The average molecular weight is 287 g/mol. The van der Waals surface area contributed by atoms with Gasteiger partial charge in [0.1, 0.15) is 0 Å². The number of carbonyl (C=O) groups is 1. The highest BCUT2D eigenvalue weighted by atomic mass is 16.2. The lowest BCUT2D eigenvalue weighted by atomic mass is 9.85. The van der Waals surface area contributed by atoms with Gasteiger partial charge in [0.25, 0.3) is 5.91 Å². The molecular weight excluding hydrogens is 262 g/mol. The summed E-state index contributed by atoms with van der Waals surface area (Å²) in [4.78, 5) is 14.9. The van der Waals surface area contributed by atoms with Crippen molar-refractivity contribution in [2.75, 3.05) is 30.8 Å². The van der Waals surface area contributed by atoms with Crippen molar-refractivity contribution in [3.63, 3.8) is 0 Å². The number of anilines is 2. The fraction of sp³-hybridized carbons (Fsp3) is 0.588. The number of para-hydroxylation sites is 1. The number of nitrogens with zero attached hydrogens (tertiary/aromatic N) is 1. The summed E-state index contributed by atoms with van der Waals surface area (Å²) in [6, 6.07) is 6.30. The summed E-state index contributed by atoms with van der Waals surface area (Å²) < 4.78 is 0. The van der Waals surface area contributed by atoms with Gasteiger partial charge in [-0.3, -0.25) is 4.79 Å². The van der Waals surface area contributed by atoms with Gasteiger partial charge in [-0.05, 0) is 30.9 Å². The summed E-state index contributed by atoms with van der Waals surface area (Å²) in [5.41, 5.74) is 2.79. The zero-order valence-electron chi connectivity index (χ0n) is 13.0. The van der Waals surface area contributed by atoms with Crippen molar-refractivity contribution in [3.8, 4) is 0 Å². The first-order chi connectivity index (χ1) is 10.2. The van der Waals surface area contributed by atoms with Crippen LogP contribution in [0.4, 0.5) is 11.4 Å². The average Bonchev–Trinajstić information content (AvgIpc) is 2.53. The van der Waals surface area contributed by atoms with Crippen LogP contribution < -0.4 is 10.6 Å². The standard InChI is InChI=1S/C17H25N3O/c1-12-6-3-4-9-15(12)20(2)17(21)13-7-5-8-14-16(13)19-11-10-18-14/h5,7-8,12,15,18-19H,3-4,6,9-11H2,1-2H3. The molecule has 1 amide bonds. The maximum Gasteiger partial charge on any atom is 0.256 e. The molecule has 0 spiro atoms. The van der Waals surface area contributed by atoms with E-state index in [0.717, 1.165) is 36.4 Å². The smallest absolute Gasteiger partial charge is 0.256 e. The minimum absolute atomic E-state index is 0.141. The van der Waals surface area contributed by atoms with E-state index in [-0.39, 0.29) is 5.91 Å². The molecule has 1 aromatic rings. The van der Waals surface area contributed by atoms with Crippen molar-refractivity contribution in [2.45, 2.75) is 38.6 Å². The molecule has 1 heterocycles. The van der Waals surface area contributed by atoms with Crippen LogP contribution in [-0.4, -0.2) is 37.0 Å². The van der Waals surface area contributed by atoms with Crippen LogP contribution in [-0.2, 0) is 0 Å². The van der Waals surface area contributed by atoms with Gasteiger partial charge in [0.05, 0.1) is 16.9 Å². The predicted molar refractivity (Wildman–Crippen MR) is 86.9 cm³/mol. The molecule has 1 aromatic carbocycles. The highest BCUT2D eigenvalue weighted by molar-refractivity contribution is 6.02. The molecular formula is C17H25N3O. The summed E-state index contributed by atoms with van der Waals surface area (Å²) in [5.74, 6) is 0.736. The van der Waals surface area contributed by atoms with Crippen LogP contribution in [0.1, 0.15) is 43.0 Å². The second kappa shape index (κ2) is 5.96. The molecule has 4 nitrogen and oxygen atoms in total. The molecule has 0 aromatic heterocycles. The Kier molecular flexibility index (Phi) is 4.04. The molecule has 0 radical (unpaired) electrons. The normalized spacial score (nSPS) is 24.5. The number of carbonyl (C=O) groups excluding carboxylic acids is 1. The second-order valence-electron chi connectivity index (χ2n) is 6.33. The topological polar surface area (TPSA) is 44.4 Å². The maximum atomic E-state index is 12.9. The largest absolute Gasteiger partial charge is 0.382 e. The molecule has 2 unspecified atom stereocenters. The lowest BCUT2D eigenvalue weighted by Gasteiger charge is -2.37. The van der Waals surface area contributed by atoms with E-state index < -0.39 is 0 Å². The summed E-state index contributed by atoms with van der Waals surface area (Å²) in [6.07, 6.45) is 4.89. The number of fused-ring (bicyclic) bond motifs is 1. The number of hydrogen-bond acceptors (Lipinski definition) is 3. The van der Waals surface area contributed by atoms with Gasteiger partial charge in [-0.1, -0.05) is 25.8 Å². The summed E-state index contributed by atoms with van der Waals surface area (Å²) in [5, 5.41) is 6.72. The number of benzene rings is 1. The molecule has 21 heavy (non-hydrogen) atoms. The molecule has 0 saturated heterocycles. The van der Waals surface area contributed by atoms with Gasteiger partial charge in [0.15, 0.2) is 0 Å². The fourth-order valence-corrected chi connectivity index (χ4v) is 3.67. The van der Waals surface area contributed by atoms with Crippen molar-refractivity contribution in [1.82, 2.24) is 4.90 Å². The molecule has 4 heteroatoms. The molecule has 2 N–H and O–H groups in total. The Hall–Kier alpha value is -1.71. The van der Waals surface area contributed by atoms with Gasteiger partial charge in [-0.15, -0.1) is 0 Å². The van der Waals surface area contributed by atoms with Crippen molar-refractivity contribution in [2.24, 2.45) is 5.92 Å². The first-order valence-corrected chi connectivity index (χ1v) is 8.06. The highest BCUT2D eigenvalue weighted by Crippen LogP contribution is 2.32. The van der Waals surface area contributed by atoms with Crippen LogP contribution in [0.15, 0.2) is 18.2 Å². The third-order valence-corrected chi connectivity index (χ3v) is 4.92. The Balaban J connectivity index is 1.84. The minimum atomic E-state index is 0.141. The first-order valence-electron chi connectivity index (χ1n) is 8.06. The fourth-order valence-electron chi connectivity index (χ4n) is 3.67. The van der Waals surface area contributed by atoms with Crippen LogP contribution in [0.5, 0.6) is 0 Å². The van der Waals surface area contributed by atoms with Crippen LogP contribution in [0.2, 0.25) is 0 Å². The van der Waals surface area contributed by atoms with Crippen LogP contribution in [0.3, 0.4) is 0 Å². The van der Waals surface area contributed by atoms with Gasteiger partial charge in [0.2, 0.25) is 0 Å². The number of amides is 1. The van der Waals surface area contributed by atoms with Crippen molar-refractivity contribution >= 4 is 17.3 Å². The Bertz CT molecular complexity index is 529. The molecule has 1 saturated carbocycles. The molecule has 1 aliphatic carbocycles. The van der Waals surface area contributed by atoms with Crippen molar-refractivity contribution in [3.05, 3.63) is 23.8 Å². The Labute approximate surface area is 126 Å². The van der Waals surface area contributed by atoms with E-state index >= 15 is 0 Å². The van der Waals surface area contributed by atoms with Crippen molar-refractivity contribution in [1.29, 1.82) is 0 Å². The zero-order chi connectivity index (χ0) is 14.8. The van der Waals surface area contributed by atoms with Crippen LogP contribution in [0, 0.1) is 5.92 Å². The molecule has 1 fully saturated rings. The Morgan fingerprint density at radius 3 is 2.76 bits per heavy atom. The van der Waals surface area contributed by atoms with E-state index in [9.17, 15) is 4.79 Å². The van der Waals surface area contributed by atoms with Gasteiger partial charge < -0.3 is 15.5 Å². The zero-order valence-corrected chi connectivity index (χ0v) is 13.0. The Morgan fingerprint density at radius 2 is 1.95 bits per heavy atom. The van der Waals surface area contributed by atoms with Gasteiger partial charge in [0, 0.05) is 26.2 Å². The molecule has 114 valence electrons. The van der Waals surface area contributed by atoms with Gasteiger partial charge in [-0.25, -0.2) is 0 Å². The third-order valence-electron chi connectivity index (χ3n) is 4.92. The van der Waals surface area contributed by atoms with E-state index in [4.69, 9.17) is 0 Å². The molecule has 2 atom stereocenters. The van der Waals surface area contributed by atoms with E-state index in [1.807, 2.05) is 30.1 Å². The van der Waals surface area contributed by atoms with Crippen molar-refractivity contribution < 1.29 is 4.79 Å². The first kappa shape index (κ1) is 14.2. The third kappa shape index (κ3) is 2.71. The van der Waals surface area contributed by atoms with Gasteiger partial charge in [-0.2, -0.15) is 0 Å². The quantitative estimate of drug-likeness (QED) is 0.878. The number of nitrogens with one attached hydrogen (secondary N) is 2. The summed E-state index contributed by atoms with van der Waals surface area (Å²) >= 11 is 0. The van der Waals surface area contributed by atoms with Crippen LogP contribution >= 0.6 is 0 Å². The summed E-state index contributed by atoms with van der Waals surface area (Å²) in [7, 11) is 1.96. The molecule has 0 bridgehead atoms. The SMILES string of the molecule is CC1CCCCC1N(C)C(=O)c1cccc2c1NCCN2. The molecule has 1 aliphatic heterocycles. The van der Waals surface area contributed by atoms with E-state index in [1.165, 1.54) is 19.3 Å². The highest BCUT2D eigenvalue weighted by Gasteiger charge is 2.30. The van der Waals surface area contributed by atoms with Gasteiger partial charge >= 0.3 is 0 Å². The number of rotatable bonds is 2. The maximum absolute atomic E-state index is 12.9. The minimum Gasteiger partial charge on any atom is -0.382 e. The summed E-state index contributed by atoms with van der Waals surface area (Å²) in [6.45, 7) is 4.04.